The molecular formula is C12H13N3O4S. The van der Waals surface area contributed by atoms with E-state index in [9.17, 15) is 13.2 Å². The van der Waals surface area contributed by atoms with Crippen molar-refractivity contribution in [1.82, 2.24) is 5.16 Å². The highest BCUT2D eigenvalue weighted by Crippen LogP contribution is 2.20. The fourth-order valence-electron chi connectivity index (χ4n) is 1.57. The maximum atomic E-state index is 11.9. The number of primary sulfonamides is 1. The summed E-state index contributed by atoms with van der Waals surface area (Å²) in [6.45, 7) is 3.42. The predicted molar refractivity (Wildman–Crippen MR) is 71.7 cm³/mol. The Morgan fingerprint density at radius 3 is 2.55 bits per heavy atom. The van der Waals surface area contributed by atoms with Crippen molar-refractivity contribution >= 4 is 21.6 Å². The summed E-state index contributed by atoms with van der Waals surface area (Å²) in [6, 6.07) is 5.71. The molecule has 1 aromatic heterocycles. The van der Waals surface area contributed by atoms with Crippen LogP contribution in [0.2, 0.25) is 0 Å². The van der Waals surface area contributed by atoms with Crippen LogP contribution in [0.1, 0.15) is 21.8 Å². The van der Waals surface area contributed by atoms with E-state index in [-0.39, 0.29) is 10.7 Å². The van der Waals surface area contributed by atoms with Gasteiger partial charge in [0.25, 0.3) is 5.91 Å². The van der Waals surface area contributed by atoms with Crippen LogP contribution in [-0.4, -0.2) is 19.5 Å². The Morgan fingerprint density at radius 1 is 1.30 bits per heavy atom. The van der Waals surface area contributed by atoms with Crippen molar-refractivity contribution in [3.8, 4) is 0 Å². The van der Waals surface area contributed by atoms with Crippen LogP contribution in [0.4, 0.5) is 5.69 Å². The molecule has 20 heavy (non-hydrogen) atoms. The van der Waals surface area contributed by atoms with Gasteiger partial charge in [-0.3, -0.25) is 4.79 Å². The molecule has 1 amide bonds. The molecule has 0 aliphatic carbocycles. The number of hydrogen-bond acceptors (Lipinski definition) is 5. The van der Waals surface area contributed by atoms with Gasteiger partial charge in [0.2, 0.25) is 15.8 Å². The van der Waals surface area contributed by atoms with Crippen molar-refractivity contribution < 1.29 is 17.7 Å². The van der Waals surface area contributed by atoms with Crippen molar-refractivity contribution in [2.75, 3.05) is 5.32 Å². The van der Waals surface area contributed by atoms with Gasteiger partial charge in [0.15, 0.2) is 0 Å². The number of sulfonamides is 1. The van der Waals surface area contributed by atoms with Crippen molar-refractivity contribution in [2.24, 2.45) is 5.14 Å². The van der Waals surface area contributed by atoms with Crippen molar-refractivity contribution in [3.05, 3.63) is 41.3 Å². The van der Waals surface area contributed by atoms with Gasteiger partial charge in [-0.15, -0.1) is 0 Å². The quantitative estimate of drug-likeness (QED) is 0.882. The van der Waals surface area contributed by atoms with E-state index in [1.807, 2.05) is 0 Å². The van der Waals surface area contributed by atoms with Crippen LogP contribution in [-0.2, 0) is 10.0 Å². The minimum atomic E-state index is -3.83. The molecule has 7 nitrogen and oxygen atoms in total. The van der Waals surface area contributed by atoms with Gasteiger partial charge in [-0.25, -0.2) is 13.6 Å². The molecule has 0 aliphatic rings. The molecule has 0 saturated heterocycles. The molecular weight excluding hydrogens is 282 g/mol. The van der Waals surface area contributed by atoms with Crippen molar-refractivity contribution in [3.63, 3.8) is 0 Å². The third kappa shape index (κ3) is 3.03. The summed E-state index contributed by atoms with van der Waals surface area (Å²) >= 11 is 0. The second-order valence-corrected chi connectivity index (χ2v) is 5.87. The van der Waals surface area contributed by atoms with Crippen LogP contribution in [0.3, 0.4) is 0 Å². The van der Waals surface area contributed by atoms with Crippen molar-refractivity contribution in [1.29, 1.82) is 0 Å². The Bertz CT molecular complexity index is 765. The molecule has 0 aliphatic heterocycles. The first-order valence-electron chi connectivity index (χ1n) is 5.65. The standard InChI is InChI=1S/C12H13N3O4S/c1-7-3-4-9(20(13,17)18)6-10(7)14-12(16)11-5-8(2)15-19-11/h3-6H,1-2H3,(H,14,16)(H2,13,17,18). The molecule has 1 heterocycles. The lowest BCUT2D eigenvalue weighted by Gasteiger charge is -2.08. The number of nitrogens with two attached hydrogens (primary N) is 1. The van der Waals surface area contributed by atoms with Crippen LogP contribution in [0.25, 0.3) is 0 Å². The maximum Gasteiger partial charge on any atom is 0.294 e. The highest BCUT2D eigenvalue weighted by molar-refractivity contribution is 7.89. The second-order valence-electron chi connectivity index (χ2n) is 4.31. The molecule has 0 fully saturated rings. The first-order chi connectivity index (χ1) is 9.27. The molecule has 3 N–H and O–H groups in total. The minimum absolute atomic E-state index is 0.0444. The van der Waals surface area contributed by atoms with E-state index in [2.05, 4.69) is 10.5 Å². The average molecular weight is 295 g/mol. The third-order valence-corrected chi connectivity index (χ3v) is 3.55. The molecule has 8 heteroatoms. The van der Waals surface area contributed by atoms with Crippen LogP contribution < -0.4 is 10.5 Å². The first kappa shape index (κ1) is 14.2. The number of aromatic nitrogens is 1. The Hall–Kier alpha value is -2.19. The average Bonchev–Trinajstić information content (AvgIpc) is 2.77. The lowest BCUT2D eigenvalue weighted by molar-refractivity contribution is 0.0987. The molecule has 0 spiro atoms. The zero-order valence-electron chi connectivity index (χ0n) is 10.9. The Balaban J connectivity index is 2.31. The highest BCUT2D eigenvalue weighted by Gasteiger charge is 2.15. The van der Waals surface area contributed by atoms with Crippen LogP contribution in [0, 0.1) is 13.8 Å². The van der Waals surface area contributed by atoms with Crippen molar-refractivity contribution in [2.45, 2.75) is 18.7 Å². The lowest BCUT2D eigenvalue weighted by atomic mass is 10.2. The largest absolute Gasteiger partial charge is 0.351 e. The molecule has 0 bridgehead atoms. The van der Waals surface area contributed by atoms with Crippen LogP contribution in [0.15, 0.2) is 33.7 Å². The fraction of sp³-hybridized carbons (Fsp3) is 0.167. The van der Waals surface area contributed by atoms with E-state index in [0.29, 0.717) is 16.9 Å². The highest BCUT2D eigenvalue weighted by atomic mass is 32.2. The van der Waals surface area contributed by atoms with Gasteiger partial charge in [-0.1, -0.05) is 11.2 Å². The number of aryl methyl sites for hydroxylation is 2. The van der Waals surface area contributed by atoms with E-state index in [0.717, 1.165) is 0 Å². The zero-order valence-corrected chi connectivity index (χ0v) is 11.7. The molecule has 2 rings (SSSR count). The number of amides is 1. The predicted octanol–water partition coefficient (Wildman–Crippen LogP) is 1.19. The number of carbonyl (C=O) groups is 1. The van der Waals surface area contributed by atoms with E-state index >= 15 is 0 Å². The summed E-state index contributed by atoms with van der Waals surface area (Å²) in [5, 5.41) is 11.2. The molecule has 0 atom stereocenters. The summed E-state index contributed by atoms with van der Waals surface area (Å²) in [4.78, 5) is 11.8. The summed E-state index contributed by atoms with van der Waals surface area (Å²) < 4.78 is 27.4. The van der Waals surface area contributed by atoms with Gasteiger partial charge < -0.3 is 9.84 Å². The molecule has 0 unspecified atom stereocenters. The topological polar surface area (TPSA) is 115 Å². The Kier molecular flexibility index (Phi) is 3.60. The maximum absolute atomic E-state index is 11.9. The monoisotopic (exact) mass is 295 g/mol. The SMILES string of the molecule is Cc1cc(C(=O)Nc2cc(S(N)(=O)=O)ccc2C)on1. The van der Waals surface area contributed by atoms with Crippen LogP contribution >= 0.6 is 0 Å². The number of nitrogens with one attached hydrogen (secondary N) is 1. The summed E-state index contributed by atoms with van der Waals surface area (Å²) in [7, 11) is -3.83. The normalized spacial score (nSPS) is 11.3. The van der Waals surface area contributed by atoms with Gasteiger partial charge in [0, 0.05) is 11.8 Å². The number of nitrogens with zero attached hydrogens (tertiary/aromatic N) is 1. The molecule has 2 aromatic rings. The van der Waals surface area contributed by atoms with E-state index in [4.69, 9.17) is 9.66 Å². The van der Waals surface area contributed by atoms with Gasteiger partial charge in [-0.2, -0.15) is 0 Å². The number of anilines is 1. The van der Waals surface area contributed by atoms with Gasteiger partial charge in [0.1, 0.15) is 0 Å². The van der Waals surface area contributed by atoms with Gasteiger partial charge in [0.05, 0.1) is 10.6 Å². The molecule has 1 aromatic carbocycles. The number of benzene rings is 1. The smallest absolute Gasteiger partial charge is 0.294 e. The zero-order chi connectivity index (χ0) is 14.9. The number of hydrogen-bond donors (Lipinski definition) is 2. The molecule has 0 radical (unpaired) electrons. The Labute approximate surface area is 115 Å². The van der Waals surface area contributed by atoms with E-state index in [1.54, 1.807) is 19.9 Å². The summed E-state index contributed by atoms with van der Waals surface area (Å²) in [6.07, 6.45) is 0. The second kappa shape index (κ2) is 5.06. The first-order valence-corrected chi connectivity index (χ1v) is 7.20. The fourth-order valence-corrected chi connectivity index (χ4v) is 2.11. The van der Waals surface area contributed by atoms with Gasteiger partial charge in [-0.05, 0) is 31.5 Å². The summed E-state index contributed by atoms with van der Waals surface area (Å²) in [5.41, 5.74) is 1.61. The van der Waals surface area contributed by atoms with E-state index < -0.39 is 15.9 Å². The molecule has 106 valence electrons. The number of rotatable bonds is 3. The van der Waals surface area contributed by atoms with Gasteiger partial charge >= 0.3 is 0 Å². The third-order valence-electron chi connectivity index (χ3n) is 2.64. The summed E-state index contributed by atoms with van der Waals surface area (Å²) in [5.74, 6) is -0.469. The molecule has 0 saturated carbocycles. The Morgan fingerprint density at radius 2 is 2.00 bits per heavy atom. The number of carbonyl (C=O) groups excluding carboxylic acids is 1. The van der Waals surface area contributed by atoms with E-state index in [1.165, 1.54) is 18.2 Å². The minimum Gasteiger partial charge on any atom is -0.351 e. The lowest BCUT2D eigenvalue weighted by Crippen LogP contribution is -2.15. The van der Waals surface area contributed by atoms with Crippen LogP contribution in [0.5, 0.6) is 0 Å².